The van der Waals surface area contributed by atoms with E-state index in [4.69, 9.17) is 0 Å². The van der Waals surface area contributed by atoms with Crippen molar-refractivity contribution in [1.82, 2.24) is 0 Å². The summed E-state index contributed by atoms with van der Waals surface area (Å²) in [4.78, 5) is 0. The minimum atomic E-state index is -0.356. The molecule has 0 spiro atoms. The lowest BCUT2D eigenvalue weighted by molar-refractivity contribution is 0.282. The average Bonchev–Trinajstić information content (AvgIpc) is 2.90. The van der Waals surface area contributed by atoms with E-state index in [1.807, 2.05) is 0 Å². The molecule has 1 aromatic rings. The molecule has 1 aromatic carbocycles. The molecule has 0 radical (unpaired) electrons. The van der Waals surface area contributed by atoms with Crippen LogP contribution in [0.15, 0.2) is 35.9 Å². The van der Waals surface area contributed by atoms with Crippen LogP contribution in [0.4, 0.5) is 8.78 Å². The molecule has 2 heteroatoms. The average molecular weight is 499 g/mol. The molecule has 1 saturated carbocycles. The predicted molar refractivity (Wildman–Crippen MR) is 151 cm³/mol. The number of unbranched alkanes of at least 4 members (excludes halogenated alkanes) is 10. The van der Waals surface area contributed by atoms with Gasteiger partial charge in [-0.25, -0.2) is 8.78 Å². The molecular weight excluding hydrogens is 446 g/mol. The highest BCUT2D eigenvalue weighted by Crippen LogP contribution is 2.39. The van der Waals surface area contributed by atoms with E-state index in [-0.39, 0.29) is 23.1 Å². The van der Waals surface area contributed by atoms with Crippen molar-refractivity contribution >= 4 is 0 Å². The first-order valence-electron chi connectivity index (χ1n) is 15.5. The van der Waals surface area contributed by atoms with Gasteiger partial charge in [0.1, 0.15) is 11.6 Å². The zero-order valence-electron chi connectivity index (χ0n) is 23.3. The van der Waals surface area contributed by atoms with E-state index in [0.717, 1.165) is 37.2 Å². The Hall–Kier alpha value is -1.44. The summed E-state index contributed by atoms with van der Waals surface area (Å²) in [7, 11) is 0. The molecule has 36 heavy (non-hydrogen) atoms. The van der Waals surface area contributed by atoms with E-state index in [1.54, 1.807) is 12.1 Å². The van der Waals surface area contributed by atoms with E-state index < -0.39 is 0 Å². The minimum absolute atomic E-state index is 0.0879. The number of hydrogen-bond acceptors (Lipinski definition) is 0. The summed E-state index contributed by atoms with van der Waals surface area (Å²) in [5.74, 6) is 0.978. The number of halogens is 2. The number of benzene rings is 1. The Morgan fingerprint density at radius 1 is 0.722 bits per heavy atom. The van der Waals surface area contributed by atoms with Gasteiger partial charge in [-0.2, -0.15) is 0 Å². The van der Waals surface area contributed by atoms with Crippen LogP contribution in [0, 0.1) is 23.5 Å². The third-order valence-electron chi connectivity index (χ3n) is 8.78. The number of hydrogen-bond donors (Lipinski definition) is 0. The van der Waals surface area contributed by atoms with E-state index in [1.165, 1.54) is 95.5 Å². The second-order valence-electron chi connectivity index (χ2n) is 11.7. The summed E-state index contributed by atoms with van der Waals surface area (Å²) in [5.41, 5.74) is 2.53. The highest BCUT2D eigenvalue weighted by Gasteiger charge is 2.24. The van der Waals surface area contributed by atoms with Crippen molar-refractivity contribution in [3.8, 4) is 0 Å². The Labute approximate surface area is 221 Å². The van der Waals surface area contributed by atoms with Gasteiger partial charge in [-0.05, 0) is 80.1 Å². The second kappa shape index (κ2) is 16.4. The third-order valence-corrected chi connectivity index (χ3v) is 8.78. The van der Waals surface area contributed by atoms with Crippen molar-refractivity contribution in [3.63, 3.8) is 0 Å². The molecule has 0 nitrogen and oxygen atoms in total. The Kier molecular flexibility index (Phi) is 13.3. The van der Waals surface area contributed by atoms with Crippen LogP contribution in [0.2, 0.25) is 0 Å². The van der Waals surface area contributed by atoms with Gasteiger partial charge in [0.15, 0.2) is 0 Å². The molecular formula is C34H52F2. The van der Waals surface area contributed by atoms with Gasteiger partial charge >= 0.3 is 0 Å². The van der Waals surface area contributed by atoms with E-state index in [9.17, 15) is 8.78 Å². The van der Waals surface area contributed by atoms with Gasteiger partial charge in [0.25, 0.3) is 0 Å². The van der Waals surface area contributed by atoms with Crippen LogP contribution >= 0.6 is 0 Å². The molecule has 202 valence electrons. The first-order valence-corrected chi connectivity index (χ1v) is 15.5. The molecule has 0 N–H and O–H groups in total. The van der Waals surface area contributed by atoms with Crippen LogP contribution in [-0.2, 0) is 6.42 Å². The summed E-state index contributed by atoms with van der Waals surface area (Å²) < 4.78 is 29.6. The molecule has 0 bridgehead atoms. The lowest BCUT2D eigenvalue weighted by Crippen LogP contribution is -2.17. The van der Waals surface area contributed by atoms with Gasteiger partial charge in [-0.15, -0.1) is 0 Å². The third kappa shape index (κ3) is 9.46. The molecule has 3 rings (SSSR count). The van der Waals surface area contributed by atoms with Gasteiger partial charge in [0.05, 0.1) is 0 Å². The standard InChI is InChI=1S/C34H52F2/c1-3-5-7-9-11-13-15-27-17-19-28(20-18-27)29-21-23-30(24-22-29)31-25-33(35)32(34(36)26-31)16-14-12-10-8-6-4-2/h21-23,25-28,30H,3-20,24H2,1-2H3. The molecule has 1 unspecified atom stereocenters. The van der Waals surface area contributed by atoms with Gasteiger partial charge in [0, 0.05) is 11.5 Å². The van der Waals surface area contributed by atoms with Crippen LogP contribution in [0.25, 0.3) is 0 Å². The lowest BCUT2D eigenvalue weighted by atomic mass is 9.75. The summed E-state index contributed by atoms with van der Waals surface area (Å²) in [5, 5.41) is 0. The van der Waals surface area contributed by atoms with Crippen molar-refractivity contribution in [1.29, 1.82) is 0 Å². The highest BCUT2D eigenvalue weighted by atomic mass is 19.1. The topological polar surface area (TPSA) is 0 Å². The van der Waals surface area contributed by atoms with Crippen LogP contribution in [0.1, 0.15) is 146 Å². The maximum atomic E-state index is 14.8. The van der Waals surface area contributed by atoms with Crippen molar-refractivity contribution in [2.45, 2.75) is 142 Å². The molecule has 0 aliphatic heterocycles. The first kappa shape index (κ1) is 29.1. The van der Waals surface area contributed by atoms with E-state index in [2.05, 4.69) is 32.1 Å². The van der Waals surface area contributed by atoms with Gasteiger partial charge in [-0.3, -0.25) is 0 Å². The molecule has 2 aliphatic rings. The molecule has 2 aliphatic carbocycles. The fourth-order valence-corrected chi connectivity index (χ4v) is 6.34. The quantitative estimate of drug-likeness (QED) is 0.199. The molecule has 0 heterocycles. The predicted octanol–water partition coefficient (Wildman–Crippen LogP) is 11.4. The van der Waals surface area contributed by atoms with Crippen LogP contribution in [-0.4, -0.2) is 0 Å². The normalized spacial score (nSPS) is 22.1. The Balaban J connectivity index is 1.41. The molecule has 1 fully saturated rings. The second-order valence-corrected chi connectivity index (χ2v) is 11.7. The smallest absolute Gasteiger partial charge is 0.129 e. The Morgan fingerprint density at radius 3 is 1.89 bits per heavy atom. The Morgan fingerprint density at radius 2 is 1.31 bits per heavy atom. The molecule has 1 atom stereocenters. The van der Waals surface area contributed by atoms with Crippen molar-refractivity contribution < 1.29 is 8.78 Å². The minimum Gasteiger partial charge on any atom is -0.207 e. The fraction of sp³-hybridized carbons (Fsp3) is 0.706. The molecule has 0 saturated heterocycles. The van der Waals surface area contributed by atoms with E-state index in [0.29, 0.717) is 12.3 Å². The lowest BCUT2D eigenvalue weighted by Gasteiger charge is -2.31. The van der Waals surface area contributed by atoms with E-state index >= 15 is 0 Å². The zero-order chi connectivity index (χ0) is 25.6. The SMILES string of the molecule is CCCCCCCCc1c(F)cc(C2C=CC(C3CCC(CCCCCCCC)CC3)=CC2)cc1F. The maximum Gasteiger partial charge on any atom is 0.129 e. The Bertz CT molecular complexity index is 789. The molecule has 0 aromatic heterocycles. The summed E-state index contributed by atoms with van der Waals surface area (Å²) in [6, 6.07) is 3.19. The number of allylic oxidation sites excluding steroid dienone is 4. The van der Waals surface area contributed by atoms with Gasteiger partial charge in [-0.1, -0.05) is 109 Å². The maximum absolute atomic E-state index is 14.8. The van der Waals surface area contributed by atoms with Gasteiger partial charge < -0.3 is 0 Å². The fourth-order valence-electron chi connectivity index (χ4n) is 6.34. The summed E-state index contributed by atoms with van der Waals surface area (Å²) in [6.07, 6.45) is 30.1. The monoisotopic (exact) mass is 498 g/mol. The van der Waals surface area contributed by atoms with Crippen molar-refractivity contribution in [2.24, 2.45) is 11.8 Å². The largest absolute Gasteiger partial charge is 0.207 e. The van der Waals surface area contributed by atoms with Gasteiger partial charge in [0.2, 0.25) is 0 Å². The van der Waals surface area contributed by atoms with Crippen molar-refractivity contribution in [3.05, 3.63) is 58.7 Å². The summed E-state index contributed by atoms with van der Waals surface area (Å²) in [6.45, 7) is 4.48. The first-order chi connectivity index (χ1) is 17.6. The van der Waals surface area contributed by atoms with Crippen molar-refractivity contribution in [2.75, 3.05) is 0 Å². The number of rotatable bonds is 16. The zero-order valence-corrected chi connectivity index (χ0v) is 23.3. The highest BCUT2D eigenvalue weighted by molar-refractivity contribution is 5.36. The van der Waals surface area contributed by atoms with Crippen LogP contribution in [0.5, 0.6) is 0 Å². The molecule has 0 amide bonds. The van der Waals surface area contributed by atoms with Crippen LogP contribution in [0.3, 0.4) is 0 Å². The van der Waals surface area contributed by atoms with Crippen LogP contribution < -0.4 is 0 Å². The summed E-state index contributed by atoms with van der Waals surface area (Å²) >= 11 is 0.